The molecular formula is C17H25N. The molecule has 2 bridgehead atoms. The molecule has 0 spiro atoms. The minimum Gasteiger partial charge on any atom is -0.311 e. The first-order valence-electron chi connectivity index (χ1n) is 7.61. The van der Waals surface area contributed by atoms with Crippen molar-refractivity contribution in [2.75, 3.05) is 0 Å². The number of benzene rings is 1. The summed E-state index contributed by atoms with van der Waals surface area (Å²) < 4.78 is 0. The van der Waals surface area contributed by atoms with E-state index >= 15 is 0 Å². The van der Waals surface area contributed by atoms with Crippen LogP contribution in [0.5, 0.6) is 0 Å². The van der Waals surface area contributed by atoms with Gasteiger partial charge in [0.25, 0.3) is 0 Å². The Bertz CT molecular complexity index is 372. The molecule has 1 nitrogen and oxygen atoms in total. The van der Waals surface area contributed by atoms with E-state index in [9.17, 15) is 0 Å². The monoisotopic (exact) mass is 243 g/mol. The van der Waals surface area contributed by atoms with Gasteiger partial charge < -0.3 is 5.32 Å². The number of rotatable bonds is 5. The fourth-order valence-electron chi connectivity index (χ4n) is 3.93. The van der Waals surface area contributed by atoms with Gasteiger partial charge in [0.15, 0.2) is 0 Å². The van der Waals surface area contributed by atoms with Gasteiger partial charge in [-0.3, -0.25) is 0 Å². The lowest BCUT2D eigenvalue weighted by Gasteiger charge is -2.26. The predicted octanol–water partition coefficient (Wildman–Crippen LogP) is 3.79. The molecule has 3 rings (SSSR count). The summed E-state index contributed by atoms with van der Waals surface area (Å²) in [5, 5.41) is 3.88. The second-order valence-corrected chi connectivity index (χ2v) is 6.37. The van der Waals surface area contributed by atoms with Crippen molar-refractivity contribution in [2.24, 2.45) is 11.8 Å². The van der Waals surface area contributed by atoms with Crippen LogP contribution in [0, 0.1) is 11.8 Å². The topological polar surface area (TPSA) is 12.0 Å². The first-order chi connectivity index (χ1) is 8.81. The van der Waals surface area contributed by atoms with E-state index in [2.05, 4.69) is 42.6 Å². The van der Waals surface area contributed by atoms with Crippen molar-refractivity contribution < 1.29 is 0 Å². The van der Waals surface area contributed by atoms with E-state index in [-0.39, 0.29) is 0 Å². The molecule has 1 aromatic carbocycles. The number of nitrogens with one attached hydrogen (secondary N) is 1. The number of fused-ring (bicyclic) bond motifs is 2. The van der Waals surface area contributed by atoms with E-state index in [1.54, 1.807) is 0 Å². The highest BCUT2D eigenvalue weighted by atomic mass is 15.0. The zero-order valence-corrected chi connectivity index (χ0v) is 11.4. The molecule has 1 aromatic rings. The summed E-state index contributed by atoms with van der Waals surface area (Å²) in [5.74, 6) is 2.04. The second kappa shape index (κ2) is 5.44. The van der Waals surface area contributed by atoms with Gasteiger partial charge in [0.1, 0.15) is 0 Å². The van der Waals surface area contributed by atoms with Gasteiger partial charge in [-0.25, -0.2) is 0 Å². The van der Waals surface area contributed by atoms with Gasteiger partial charge in [0.2, 0.25) is 0 Å². The third-order valence-electron chi connectivity index (χ3n) is 4.95. The smallest absolute Gasteiger partial charge is 0.0100 e. The third-order valence-corrected chi connectivity index (χ3v) is 4.95. The quantitative estimate of drug-likeness (QED) is 0.829. The largest absolute Gasteiger partial charge is 0.311 e. The van der Waals surface area contributed by atoms with Gasteiger partial charge >= 0.3 is 0 Å². The van der Waals surface area contributed by atoms with E-state index in [0.717, 1.165) is 17.9 Å². The molecule has 2 aliphatic rings. The SMILES string of the molecule is CC(CCc1ccccc1)NC1CC2CCC1C2. The van der Waals surface area contributed by atoms with Crippen molar-refractivity contribution in [1.29, 1.82) is 0 Å². The Morgan fingerprint density at radius 2 is 2.00 bits per heavy atom. The highest BCUT2D eigenvalue weighted by Crippen LogP contribution is 2.44. The Balaban J connectivity index is 1.43. The van der Waals surface area contributed by atoms with Gasteiger partial charge in [-0.15, -0.1) is 0 Å². The highest BCUT2D eigenvalue weighted by Gasteiger charge is 2.39. The maximum atomic E-state index is 3.88. The molecule has 0 aromatic heterocycles. The fraction of sp³-hybridized carbons (Fsp3) is 0.647. The molecular weight excluding hydrogens is 218 g/mol. The molecule has 0 amide bonds. The first-order valence-corrected chi connectivity index (χ1v) is 7.61. The molecule has 2 saturated carbocycles. The Morgan fingerprint density at radius 3 is 2.67 bits per heavy atom. The van der Waals surface area contributed by atoms with Crippen LogP contribution >= 0.6 is 0 Å². The van der Waals surface area contributed by atoms with Crippen molar-refractivity contribution in [2.45, 2.75) is 57.5 Å². The Morgan fingerprint density at radius 1 is 1.17 bits per heavy atom. The Labute approximate surface area is 111 Å². The summed E-state index contributed by atoms with van der Waals surface area (Å²) in [5.41, 5.74) is 1.47. The standard InChI is InChI=1S/C17H25N/c1-13(7-8-14-5-3-2-4-6-14)18-17-12-15-9-10-16(17)11-15/h2-6,13,15-18H,7-12H2,1H3. The minimum atomic E-state index is 0.662. The van der Waals surface area contributed by atoms with Crippen LogP contribution < -0.4 is 5.32 Å². The molecule has 0 radical (unpaired) electrons. The van der Waals surface area contributed by atoms with Crippen molar-refractivity contribution in [3.05, 3.63) is 35.9 Å². The molecule has 0 aliphatic heterocycles. The molecule has 98 valence electrons. The Hall–Kier alpha value is -0.820. The lowest BCUT2D eigenvalue weighted by molar-refractivity contribution is 0.318. The summed E-state index contributed by atoms with van der Waals surface area (Å²) in [7, 11) is 0. The highest BCUT2D eigenvalue weighted by molar-refractivity contribution is 5.14. The summed E-state index contributed by atoms with van der Waals surface area (Å²) in [4.78, 5) is 0. The molecule has 1 heteroatoms. The number of hydrogen-bond donors (Lipinski definition) is 1. The van der Waals surface area contributed by atoms with E-state index in [0.29, 0.717) is 6.04 Å². The van der Waals surface area contributed by atoms with Crippen molar-refractivity contribution in [3.8, 4) is 0 Å². The summed E-state index contributed by atoms with van der Waals surface area (Å²) in [6.07, 6.45) is 8.39. The van der Waals surface area contributed by atoms with Crippen LogP contribution in [0.3, 0.4) is 0 Å². The van der Waals surface area contributed by atoms with Crippen molar-refractivity contribution in [1.82, 2.24) is 5.32 Å². The van der Waals surface area contributed by atoms with Gasteiger partial charge in [0, 0.05) is 12.1 Å². The summed E-state index contributed by atoms with van der Waals surface area (Å²) in [6, 6.07) is 12.4. The molecule has 0 saturated heterocycles. The predicted molar refractivity (Wildman–Crippen MR) is 76.6 cm³/mol. The molecule has 0 heterocycles. The maximum Gasteiger partial charge on any atom is 0.0100 e. The van der Waals surface area contributed by atoms with E-state index in [1.165, 1.54) is 44.1 Å². The van der Waals surface area contributed by atoms with Crippen LogP contribution in [-0.4, -0.2) is 12.1 Å². The maximum absolute atomic E-state index is 3.88. The van der Waals surface area contributed by atoms with Crippen molar-refractivity contribution in [3.63, 3.8) is 0 Å². The van der Waals surface area contributed by atoms with E-state index in [4.69, 9.17) is 0 Å². The van der Waals surface area contributed by atoms with Crippen LogP contribution in [0.15, 0.2) is 30.3 Å². The van der Waals surface area contributed by atoms with E-state index in [1.807, 2.05) is 0 Å². The van der Waals surface area contributed by atoms with Gasteiger partial charge in [-0.2, -0.15) is 0 Å². The zero-order valence-electron chi connectivity index (χ0n) is 11.4. The Kier molecular flexibility index (Phi) is 3.69. The molecule has 2 aliphatic carbocycles. The summed E-state index contributed by atoms with van der Waals surface area (Å²) in [6.45, 7) is 2.36. The zero-order chi connectivity index (χ0) is 12.4. The van der Waals surface area contributed by atoms with Crippen LogP contribution in [0.4, 0.5) is 0 Å². The van der Waals surface area contributed by atoms with Crippen LogP contribution in [-0.2, 0) is 6.42 Å². The molecule has 2 fully saturated rings. The fourth-order valence-corrected chi connectivity index (χ4v) is 3.93. The van der Waals surface area contributed by atoms with Crippen LogP contribution in [0.1, 0.15) is 44.6 Å². The molecule has 1 N–H and O–H groups in total. The minimum absolute atomic E-state index is 0.662. The van der Waals surface area contributed by atoms with Gasteiger partial charge in [-0.1, -0.05) is 36.8 Å². The van der Waals surface area contributed by atoms with Crippen molar-refractivity contribution >= 4 is 0 Å². The molecule has 4 atom stereocenters. The lowest BCUT2D eigenvalue weighted by Crippen LogP contribution is -2.40. The van der Waals surface area contributed by atoms with Gasteiger partial charge in [-0.05, 0) is 56.4 Å². The second-order valence-electron chi connectivity index (χ2n) is 6.37. The number of aryl methyl sites for hydroxylation is 1. The van der Waals surface area contributed by atoms with Crippen LogP contribution in [0.2, 0.25) is 0 Å². The normalized spacial score (nSPS) is 31.7. The average Bonchev–Trinajstić information content (AvgIpc) is 3.00. The van der Waals surface area contributed by atoms with Gasteiger partial charge in [0.05, 0.1) is 0 Å². The number of hydrogen-bond acceptors (Lipinski definition) is 1. The van der Waals surface area contributed by atoms with E-state index < -0.39 is 0 Å². The average molecular weight is 243 g/mol. The summed E-state index contributed by atoms with van der Waals surface area (Å²) >= 11 is 0. The third kappa shape index (κ3) is 2.77. The first kappa shape index (κ1) is 12.2. The molecule has 4 unspecified atom stereocenters. The molecule has 18 heavy (non-hydrogen) atoms. The lowest BCUT2D eigenvalue weighted by atomic mass is 9.94. The van der Waals surface area contributed by atoms with Crippen LogP contribution in [0.25, 0.3) is 0 Å².